The lowest BCUT2D eigenvalue weighted by molar-refractivity contribution is 0.0524. The number of rotatable bonds is 2. The van der Waals surface area contributed by atoms with Crippen LogP contribution in [0.15, 0.2) is 17.1 Å². The van der Waals surface area contributed by atoms with E-state index in [9.17, 15) is 9.59 Å². The van der Waals surface area contributed by atoms with E-state index in [1.54, 1.807) is 13.1 Å². The first-order chi connectivity index (χ1) is 11.2. The molecular weight excluding hydrogens is 292 g/mol. The van der Waals surface area contributed by atoms with Crippen molar-refractivity contribution >= 4 is 22.6 Å². The molecule has 0 radical (unpaired) electrons. The normalized spacial score (nSPS) is 15.9. The van der Waals surface area contributed by atoms with E-state index in [0.29, 0.717) is 5.39 Å². The van der Waals surface area contributed by atoms with Crippen LogP contribution in [-0.4, -0.2) is 23.7 Å². The number of hydrogen-bond donors (Lipinski definition) is 1. The van der Waals surface area contributed by atoms with Crippen LogP contribution < -0.4 is 10.7 Å². The van der Waals surface area contributed by atoms with Gasteiger partial charge in [0.15, 0.2) is 0 Å². The number of esters is 1. The van der Waals surface area contributed by atoms with E-state index in [-0.39, 0.29) is 17.6 Å². The van der Waals surface area contributed by atoms with Crippen LogP contribution in [0.4, 0.5) is 5.69 Å². The van der Waals surface area contributed by atoms with Gasteiger partial charge in [-0.15, -0.1) is 0 Å². The van der Waals surface area contributed by atoms with Crippen LogP contribution in [0, 0.1) is 0 Å². The maximum absolute atomic E-state index is 12.8. The molecule has 2 aliphatic heterocycles. The summed E-state index contributed by atoms with van der Waals surface area (Å²) < 4.78 is 7.11. The van der Waals surface area contributed by atoms with Crippen molar-refractivity contribution in [2.45, 2.75) is 39.2 Å². The third kappa shape index (κ3) is 2.14. The third-order valence-corrected chi connectivity index (χ3v) is 4.79. The van der Waals surface area contributed by atoms with Gasteiger partial charge in [0.1, 0.15) is 5.56 Å². The second-order valence-electron chi connectivity index (χ2n) is 6.21. The highest BCUT2D eigenvalue weighted by atomic mass is 16.5. The number of pyridine rings is 1. The lowest BCUT2D eigenvalue weighted by atomic mass is 9.91. The van der Waals surface area contributed by atoms with Gasteiger partial charge in [0.05, 0.1) is 12.1 Å². The van der Waals surface area contributed by atoms with Gasteiger partial charge >= 0.3 is 5.97 Å². The van der Waals surface area contributed by atoms with Crippen LogP contribution in [0.25, 0.3) is 10.9 Å². The summed E-state index contributed by atoms with van der Waals surface area (Å²) >= 11 is 0. The van der Waals surface area contributed by atoms with Crippen molar-refractivity contribution in [3.05, 3.63) is 39.2 Å². The number of anilines is 1. The number of aromatic nitrogens is 1. The van der Waals surface area contributed by atoms with Gasteiger partial charge < -0.3 is 14.6 Å². The summed E-state index contributed by atoms with van der Waals surface area (Å²) in [7, 11) is 0. The zero-order valence-corrected chi connectivity index (χ0v) is 13.3. The van der Waals surface area contributed by atoms with Crippen LogP contribution in [0.5, 0.6) is 0 Å². The lowest BCUT2D eigenvalue weighted by Crippen LogP contribution is -2.25. The number of ether oxygens (including phenoxy) is 1. The number of nitrogens with zero attached hydrogens (tertiary/aromatic N) is 1. The SMILES string of the molecule is CCOC(=O)c1cn2c3c(c4c(cc3c1=O)CCCN4)CCC2. The molecule has 0 saturated carbocycles. The number of aryl methyl sites for hydroxylation is 3. The number of carbonyl (C=O) groups excluding carboxylic acids is 1. The standard InChI is InChI=1S/C18H20N2O3/c1-2-23-18(22)14-10-20-8-4-6-12-15-11(5-3-7-19-15)9-13(16(12)20)17(14)21/h9-10,19H,2-8H2,1H3. The molecule has 0 bridgehead atoms. The Hall–Kier alpha value is -2.30. The summed E-state index contributed by atoms with van der Waals surface area (Å²) in [6.45, 7) is 3.84. The quantitative estimate of drug-likeness (QED) is 0.866. The van der Waals surface area contributed by atoms with E-state index in [1.807, 2.05) is 6.07 Å². The summed E-state index contributed by atoms with van der Waals surface area (Å²) in [4.78, 5) is 25.0. The molecule has 0 aliphatic carbocycles. The summed E-state index contributed by atoms with van der Waals surface area (Å²) in [5.41, 5.74) is 4.58. The van der Waals surface area contributed by atoms with Crippen molar-refractivity contribution in [3.63, 3.8) is 0 Å². The van der Waals surface area contributed by atoms with Crippen molar-refractivity contribution in [3.8, 4) is 0 Å². The maximum atomic E-state index is 12.8. The van der Waals surface area contributed by atoms with E-state index < -0.39 is 5.97 Å². The largest absolute Gasteiger partial charge is 0.462 e. The van der Waals surface area contributed by atoms with Crippen LogP contribution in [-0.2, 0) is 24.1 Å². The molecule has 2 aromatic rings. The van der Waals surface area contributed by atoms with E-state index in [1.165, 1.54) is 16.8 Å². The highest BCUT2D eigenvalue weighted by Gasteiger charge is 2.25. The van der Waals surface area contributed by atoms with E-state index in [4.69, 9.17) is 4.74 Å². The minimum Gasteiger partial charge on any atom is -0.462 e. The Morgan fingerprint density at radius 2 is 2.22 bits per heavy atom. The topological polar surface area (TPSA) is 60.3 Å². The lowest BCUT2D eigenvalue weighted by Gasteiger charge is -2.28. The fraction of sp³-hybridized carbons (Fsp3) is 0.444. The van der Waals surface area contributed by atoms with E-state index in [2.05, 4.69) is 9.88 Å². The number of benzene rings is 1. The maximum Gasteiger partial charge on any atom is 0.343 e. The smallest absolute Gasteiger partial charge is 0.343 e. The molecule has 120 valence electrons. The number of carbonyl (C=O) groups is 1. The Kier molecular flexibility index (Phi) is 3.36. The van der Waals surface area contributed by atoms with Crippen molar-refractivity contribution in [1.82, 2.24) is 4.57 Å². The summed E-state index contributed by atoms with van der Waals surface area (Å²) in [6, 6.07) is 1.98. The van der Waals surface area contributed by atoms with Gasteiger partial charge in [0.2, 0.25) is 5.43 Å². The van der Waals surface area contributed by atoms with Gasteiger partial charge in [-0.1, -0.05) is 0 Å². The molecule has 1 N–H and O–H groups in total. The van der Waals surface area contributed by atoms with Crippen molar-refractivity contribution < 1.29 is 9.53 Å². The summed E-state index contributed by atoms with van der Waals surface area (Å²) in [5.74, 6) is -0.522. The Morgan fingerprint density at radius 3 is 3.04 bits per heavy atom. The molecule has 23 heavy (non-hydrogen) atoms. The first-order valence-electron chi connectivity index (χ1n) is 8.33. The zero-order chi connectivity index (χ0) is 16.0. The van der Waals surface area contributed by atoms with Crippen LogP contribution >= 0.6 is 0 Å². The van der Waals surface area contributed by atoms with Gasteiger partial charge in [-0.2, -0.15) is 0 Å². The molecule has 0 amide bonds. The van der Waals surface area contributed by atoms with Crippen LogP contribution in [0.3, 0.4) is 0 Å². The molecule has 0 atom stereocenters. The summed E-state index contributed by atoms with van der Waals surface area (Å²) in [6.07, 6.45) is 5.73. The molecule has 0 spiro atoms. The Bertz CT molecular complexity index is 867. The second kappa shape index (κ2) is 5.41. The van der Waals surface area contributed by atoms with Crippen molar-refractivity contribution in [2.24, 2.45) is 0 Å². The van der Waals surface area contributed by atoms with Gasteiger partial charge in [-0.3, -0.25) is 4.79 Å². The van der Waals surface area contributed by atoms with Crippen LogP contribution in [0.2, 0.25) is 0 Å². The molecule has 4 rings (SSSR count). The predicted octanol–water partition coefficient (Wildman–Crippen LogP) is 2.48. The van der Waals surface area contributed by atoms with Gasteiger partial charge in [-0.05, 0) is 44.2 Å². The average Bonchev–Trinajstić information content (AvgIpc) is 2.58. The average molecular weight is 312 g/mol. The number of nitrogens with one attached hydrogen (secondary N) is 1. The molecule has 1 aromatic carbocycles. The number of hydrogen-bond acceptors (Lipinski definition) is 4. The fourth-order valence-electron chi connectivity index (χ4n) is 3.82. The predicted molar refractivity (Wildman–Crippen MR) is 89.3 cm³/mol. The summed E-state index contributed by atoms with van der Waals surface area (Å²) in [5, 5.41) is 4.17. The molecule has 5 heteroatoms. The first kappa shape index (κ1) is 14.3. The molecule has 5 nitrogen and oxygen atoms in total. The Labute approximate surface area is 134 Å². The third-order valence-electron chi connectivity index (χ3n) is 4.79. The molecular formula is C18H20N2O3. The molecule has 3 heterocycles. The van der Waals surface area contributed by atoms with Crippen molar-refractivity contribution in [1.29, 1.82) is 0 Å². The number of fused-ring (bicyclic) bond motifs is 2. The highest BCUT2D eigenvalue weighted by molar-refractivity contribution is 5.96. The van der Waals surface area contributed by atoms with Crippen molar-refractivity contribution in [2.75, 3.05) is 18.5 Å². The van der Waals surface area contributed by atoms with Gasteiger partial charge in [0, 0.05) is 35.9 Å². The van der Waals surface area contributed by atoms with E-state index >= 15 is 0 Å². The molecule has 0 unspecified atom stereocenters. The highest BCUT2D eigenvalue weighted by Crippen LogP contribution is 2.35. The molecule has 1 aromatic heterocycles. The molecule has 0 fully saturated rings. The monoisotopic (exact) mass is 312 g/mol. The zero-order valence-electron chi connectivity index (χ0n) is 13.3. The Morgan fingerprint density at radius 1 is 1.35 bits per heavy atom. The fourth-order valence-corrected chi connectivity index (χ4v) is 3.82. The van der Waals surface area contributed by atoms with Gasteiger partial charge in [-0.25, -0.2) is 4.79 Å². The molecule has 0 saturated heterocycles. The minimum atomic E-state index is -0.522. The first-order valence-corrected chi connectivity index (χ1v) is 8.33. The second-order valence-corrected chi connectivity index (χ2v) is 6.21. The van der Waals surface area contributed by atoms with E-state index in [0.717, 1.165) is 44.3 Å². The van der Waals surface area contributed by atoms with Crippen LogP contribution in [0.1, 0.15) is 41.3 Å². The minimum absolute atomic E-state index is 0.149. The molecule has 2 aliphatic rings. The Balaban J connectivity index is 2.04. The van der Waals surface area contributed by atoms with Gasteiger partial charge in [0.25, 0.3) is 0 Å².